The summed E-state index contributed by atoms with van der Waals surface area (Å²) >= 11 is 3.34. The van der Waals surface area contributed by atoms with Crippen LogP contribution in [-0.2, 0) is 11.8 Å². The van der Waals surface area contributed by atoms with Crippen LogP contribution in [0.3, 0.4) is 0 Å². The highest BCUT2D eigenvalue weighted by atomic mass is 79.9. The van der Waals surface area contributed by atoms with Gasteiger partial charge in [0, 0.05) is 12.6 Å². The van der Waals surface area contributed by atoms with Gasteiger partial charge in [0.1, 0.15) is 6.33 Å². The molecule has 2 aromatic rings. The topological polar surface area (TPSA) is 59.8 Å². The Morgan fingerprint density at radius 3 is 2.63 bits per heavy atom. The standard InChI is InChI=1S/C13H15BrN4O/c1-13(2,14)12(19)16-10-7-5-4-6-9(10)11-17-15-8-18(11)3/h4-8H,1-3H3,(H,16,19). The summed E-state index contributed by atoms with van der Waals surface area (Å²) in [7, 11) is 1.86. The summed E-state index contributed by atoms with van der Waals surface area (Å²) in [5, 5.41) is 10.8. The zero-order valence-corrected chi connectivity index (χ0v) is 12.6. The molecule has 0 saturated carbocycles. The average Bonchev–Trinajstić information content (AvgIpc) is 2.75. The molecule has 6 heteroatoms. The molecular formula is C13H15BrN4O. The van der Waals surface area contributed by atoms with Gasteiger partial charge in [-0.1, -0.05) is 28.1 Å². The number of halogens is 1. The first-order valence-electron chi connectivity index (χ1n) is 5.83. The number of anilines is 1. The molecule has 0 unspecified atom stereocenters. The van der Waals surface area contributed by atoms with Crippen LogP contribution in [0.2, 0.25) is 0 Å². The third-order valence-corrected chi connectivity index (χ3v) is 3.03. The Hall–Kier alpha value is -1.69. The van der Waals surface area contributed by atoms with Crippen molar-refractivity contribution in [3.63, 3.8) is 0 Å². The minimum Gasteiger partial charge on any atom is -0.324 e. The second kappa shape index (κ2) is 5.13. The van der Waals surface area contributed by atoms with Crippen LogP contribution >= 0.6 is 15.9 Å². The van der Waals surface area contributed by atoms with Gasteiger partial charge in [-0.15, -0.1) is 10.2 Å². The molecule has 2 rings (SSSR count). The molecule has 1 N–H and O–H groups in total. The molecule has 1 amide bonds. The molecule has 19 heavy (non-hydrogen) atoms. The molecule has 0 bridgehead atoms. The van der Waals surface area contributed by atoms with Crippen LogP contribution in [0.5, 0.6) is 0 Å². The first-order chi connectivity index (χ1) is 8.89. The van der Waals surface area contributed by atoms with E-state index in [2.05, 4.69) is 31.4 Å². The molecule has 0 atom stereocenters. The average molecular weight is 323 g/mol. The van der Waals surface area contributed by atoms with Crippen LogP contribution in [0.4, 0.5) is 5.69 Å². The molecule has 0 radical (unpaired) electrons. The number of hydrogen-bond acceptors (Lipinski definition) is 3. The van der Waals surface area contributed by atoms with E-state index in [1.54, 1.807) is 20.2 Å². The number of carbonyl (C=O) groups is 1. The Balaban J connectivity index is 2.38. The zero-order valence-electron chi connectivity index (χ0n) is 11.0. The Morgan fingerprint density at radius 1 is 1.37 bits per heavy atom. The summed E-state index contributed by atoms with van der Waals surface area (Å²) in [5.41, 5.74) is 1.56. The molecule has 5 nitrogen and oxygen atoms in total. The number of aryl methyl sites for hydroxylation is 1. The molecule has 0 aliphatic heterocycles. The van der Waals surface area contributed by atoms with Gasteiger partial charge in [-0.25, -0.2) is 0 Å². The van der Waals surface area contributed by atoms with Crippen LogP contribution in [0.15, 0.2) is 30.6 Å². The van der Waals surface area contributed by atoms with E-state index in [1.165, 1.54) is 0 Å². The number of nitrogens with zero attached hydrogens (tertiary/aromatic N) is 3. The fraction of sp³-hybridized carbons (Fsp3) is 0.308. The van der Waals surface area contributed by atoms with Crippen LogP contribution in [0, 0.1) is 0 Å². The number of alkyl halides is 1. The number of carbonyl (C=O) groups excluding carboxylic acids is 1. The zero-order chi connectivity index (χ0) is 14.0. The van der Waals surface area contributed by atoms with Gasteiger partial charge in [0.25, 0.3) is 0 Å². The minimum absolute atomic E-state index is 0.109. The molecule has 0 aliphatic rings. The molecular weight excluding hydrogens is 308 g/mol. The summed E-state index contributed by atoms with van der Waals surface area (Å²) in [6.07, 6.45) is 1.63. The lowest BCUT2D eigenvalue weighted by Gasteiger charge is -2.17. The van der Waals surface area contributed by atoms with Gasteiger partial charge < -0.3 is 9.88 Å². The Morgan fingerprint density at radius 2 is 2.05 bits per heavy atom. The van der Waals surface area contributed by atoms with Gasteiger partial charge in [0.2, 0.25) is 5.91 Å². The molecule has 1 heterocycles. The quantitative estimate of drug-likeness (QED) is 0.883. The molecule has 0 saturated heterocycles. The predicted octanol–water partition coefficient (Wildman–Crippen LogP) is 2.59. The van der Waals surface area contributed by atoms with Crippen LogP contribution < -0.4 is 5.32 Å². The molecule has 100 valence electrons. The Labute approximate surface area is 120 Å². The maximum absolute atomic E-state index is 12.0. The van der Waals surface area contributed by atoms with Crippen molar-refractivity contribution in [2.75, 3.05) is 5.32 Å². The van der Waals surface area contributed by atoms with E-state index >= 15 is 0 Å². The smallest absolute Gasteiger partial charge is 0.240 e. The predicted molar refractivity (Wildman–Crippen MR) is 78.1 cm³/mol. The highest BCUT2D eigenvalue weighted by Crippen LogP contribution is 2.27. The van der Waals surface area contributed by atoms with Crippen molar-refractivity contribution in [2.45, 2.75) is 18.2 Å². The van der Waals surface area contributed by atoms with Gasteiger partial charge in [-0.3, -0.25) is 4.79 Å². The second-order valence-corrected chi connectivity index (χ2v) is 6.72. The largest absolute Gasteiger partial charge is 0.324 e. The normalized spacial score (nSPS) is 11.4. The highest BCUT2D eigenvalue weighted by Gasteiger charge is 2.24. The number of rotatable bonds is 3. The Bertz CT molecular complexity index is 601. The number of aromatic nitrogens is 3. The number of amides is 1. The van der Waals surface area contributed by atoms with Crippen molar-refractivity contribution >= 4 is 27.5 Å². The lowest BCUT2D eigenvalue weighted by molar-refractivity contribution is -0.117. The van der Waals surface area contributed by atoms with Crippen molar-refractivity contribution in [1.29, 1.82) is 0 Å². The summed E-state index contributed by atoms with van der Waals surface area (Å²) in [5.74, 6) is 0.602. The molecule has 0 aliphatic carbocycles. The SMILES string of the molecule is Cn1cnnc1-c1ccccc1NC(=O)C(C)(C)Br. The molecule has 0 spiro atoms. The minimum atomic E-state index is -0.625. The summed E-state index contributed by atoms with van der Waals surface area (Å²) < 4.78 is 1.18. The van der Waals surface area contributed by atoms with Crippen LogP contribution in [0.1, 0.15) is 13.8 Å². The number of benzene rings is 1. The number of para-hydroxylation sites is 1. The molecule has 1 aromatic heterocycles. The van der Waals surface area contributed by atoms with Crippen molar-refractivity contribution in [1.82, 2.24) is 14.8 Å². The van der Waals surface area contributed by atoms with Crippen molar-refractivity contribution < 1.29 is 4.79 Å². The molecule has 0 fully saturated rings. The van der Waals surface area contributed by atoms with Gasteiger partial charge in [-0.2, -0.15) is 0 Å². The van der Waals surface area contributed by atoms with Crippen molar-refractivity contribution in [3.05, 3.63) is 30.6 Å². The lowest BCUT2D eigenvalue weighted by atomic mass is 10.1. The van der Waals surface area contributed by atoms with E-state index < -0.39 is 4.32 Å². The number of hydrogen-bond donors (Lipinski definition) is 1. The van der Waals surface area contributed by atoms with Crippen molar-refractivity contribution in [3.8, 4) is 11.4 Å². The highest BCUT2D eigenvalue weighted by molar-refractivity contribution is 9.10. The number of nitrogens with one attached hydrogen (secondary N) is 1. The fourth-order valence-electron chi connectivity index (χ4n) is 1.59. The van der Waals surface area contributed by atoms with E-state index in [4.69, 9.17) is 0 Å². The lowest BCUT2D eigenvalue weighted by Crippen LogP contribution is -2.31. The van der Waals surface area contributed by atoms with E-state index in [9.17, 15) is 4.79 Å². The van der Waals surface area contributed by atoms with Crippen molar-refractivity contribution in [2.24, 2.45) is 7.05 Å². The van der Waals surface area contributed by atoms with Gasteiger partial charge in [0.05, 0.1) is 10.0 Å². The van der Waals surface area contributed by atoms with Gasteiger partial charge in [0.15, 0.2) is 5.82 Å². The third kappa shape index (κ3) is 3.01. The Kier molecular flexibility index (Phi) is 3.71. The second-order valence-electron chi connectivity index (χ2n) is 4.74. The maximum Gasteiger partial charge on any atom is 0.240 e. The van der Waals surface area contributed by atoms with Crippen LogP contribution in [-0.4, -0.2) is 25.0 Å². The monoisotopic (exact) mass is 322 g/mol. The molecule has 1 aromatic carbocycles. The van der Waals surface area contributed by atoms with E-state index in [1.807, 2.05) is 35.9 Å². The van der Waals surface area contributed by atoms with E-state index in [0.717, 1.165) is 11.3 Å². The fourth-order valence-corrected chi connectivity index (χ4v) is 1.68. The first kappa shape index (κ1) is 13.7. The van der Waals surface area contributed by atoms with Crippen LogP contribution in [0.25, 0.3) is 11.4 Å². The van der Waals surface area contributed by atoms with Gasteiger partial charge >= 0.3 is 0 Å². The first-order valence-corrected chi connectivity index (χ1v) is 6.62. The van der Waals surface area contributed by atoms with E-state index in [0.29, 0.717) is 5.82 Å². The van der Waals surface area contributed by atoms with Gasteiger partial charge in [-0.05, 0) is 26.0 Å². The summed E-state index contributed by atoms with van der Waals surface area (Å²) in [6, 6.07) is 7.52. The maximum atomic E-state index is 12.0. The van der Waals surface area contributed by atoms with E-state index in [-0.39, 0.29) is 5.91 Å². The summed E-state index contributed by atoms with van der Waals surface area (Å²) in [6.45, 7) is 3.60. The summed E-state index contributed by atoms with van der Waals surface area (Å²) in [4.78, 5) is 12.0. The third-order valence-electron chi connectivity index (χ3n) is 2.67.